The summed E-state index contributed by atoms with van der Waals surface area (Å²) in [5.41, 5.74) is -0.951. The van der Waals surface area contributed by atoms with Gasteiger partial charge in [-0.15, -0.1) is 0 Å². The Balaban J connectivity index is 2.04. The highest BCUT2D eigenvalue weighted by atomic mass is 19.1. The number of ether oxygens (including phenoxy) is 1. The van der Waals surface area contributed by atoms with Gasteiger partial charge in [0.25, 0.3) is 0 Å². The maximum Gasteiger partial charge on any atom is 0.410 e. The smallest absolute Gasteiger partial charge is 0.410 e. The van der Waals surface area contributed by atoms with Gasteiger partial charge in [0.1, 0.15) is 17.0 Å². The predicted octanol–water partition coefficient (Wildman–Crippen LogP) is 2.75. The lowest BCUT2D eigenvalue weighted by Gasteiger charge is -2.38. The summed E-state index contributed by atoms with van der Waals surface area (Å²) in [4.78, 5) is 17.7. The Labute approximate surface area is 130 Å². The number of likely N-dealkylation sites (tertiary alicyclic amines) is 1. The van der Waals surface area contributed by atoms with Crippen molar-refractivity contribution in [1.29, 1.82) is 0 Å². The molecule has 6 heteroatoms. The van der Waals surface area contributed by atoms with Crippen LogP contribution in [0.2, 0.25) is 0 Å². The molecular weight excluding hydrogens is 287 g/mol. The van der Waals surface area contributed by atoms with E-state index < -0.39 is 17.0 Å². The molecule has 5 nitrogen and oxygen atoms in total. The van der Waals surface area contributed by atoms with Gasteiger partial charge < -0.3 is 14.7 Å². The number of halogens is 1. The van der Waals surface area contributed by atoms with Crippen molar-refractivity contribution in [3.05, 3.63) is 29.3 Å². The molecule has 1 N–H and O–H groups in total. The van der Waals surface area contributed by atoms with Crippen molar-refractivity contribution in [3.8, 4) is 0 Å². The highest BCUT2D eigenvalue weighted by molar-refractivity contribution is 5.68. The molecular formula is C16H23FN2O3. The third-order valence-electron chi connectivity index (χ3n) is 3.74. The summed E-state index contributed by atoms with van der Waals surface area (Å²) >= 11 is 0. The summed E-state index contributed by atoms with van der Waals surface area (Å²) in [7, 11) is 0. The third-order valence-corrected chi connectivity index (χ3v) is 3.74. The van der Waals surface area contributed by atoms with Crippen molar-refractivity contribution in [2.75, 3.05) is 13.1 Å². The van der Waals surface area contributed by atoms with Gasteiger partial charge in [-0.1, -0.05) is 0 Å². The van der Waals surface area contributed by atoms with E-state index in [0.717, 1.165) is 0 Å². The second kappa shape index (κ2) is 5.83. The Kier molecular flexibility index (Phi) is 4.42. The van der Waals surface area contributed by atoms with Crippen molar-refractivity contribution in [2.45, 2.75) is 51.7 Å². The van der Waals surface area contributed by atoms with Crippen LogP contribution in [0.1, 0.15) is 45.0 Å². The third kappa shape index (κ3) is 3.74. The molecule has 1 fully saturated rings. The minimum absolute atomic E-state index is 0.264. The Morgan fingerprint density at radius 2 is 1.95 bits per heavy atom. The minimum atomic E-state index is -1.13. The van der Waals surface area contributed by atoms with Gasteiger partial charge in [-0.05, 0) is 52.7 Å². The number of amides is 1. The van der Waals surface area contributed by atoms with Crippen LogP contribution in [0.25, 0.3) is 0 Å². The zero-order chi connectivity index (χ0) is 16.5. The van der Waals surface area contributed by atoms with E-state index >= 15 is 0 Å². The van der Waals surface area contributed by atoms with E-state index in [-0.39, 0.29) is 11.8 Å². The molecule has 0 spiro atoms. The average molecular weight is 310 g/mol. The van der Waals surface area contributed by atoms with Crippen LogP contribution in [0.3, 0.4) is 0 Å². The van der Waals surface area contributed by atoms with Crippen molar-refractivity contribution >= 4 is 6.09 Å². The summed E-state index contributed by atoms with van der Waals surface area (Å²) in [5, 5.41) is 10.7. The van der Waals surface area contributed by atoms with Crippen LogP contribution in [0.15, 0.2) is 12.1 Å². The molecule has 1 saturated heterocycles. The number of carbonyl (C=O) groups is 1. The van der Waals surface area contributed by atoms with Gasteiger partial charge in [-0.2, -0.15) is 0 Å². The molecule has 1 aliphatic rings. The van der Waals surface area contributed by atoms with E-state index in [2.05, 4.69) is 4.98 Å². The monoisotopic (exact) mass is 310 g/mol. The molecule has 0 atom stereocenters. The first-order valence-electron chi connectivity index (χ1n) is 7.45. The van der Waals surface area contributed by atoms with E-state index in [1.807, 2.05) is 20.8 Å². The van der Waals surface area contributed by atoms with Crippen LogP contribution in [0.4, 0.5) is 9.18 Å². The number of aliphatic hydroxyl groups is 1. The summed E-state index contributed by atoms with van der Waals surface area (Å²) < 4.78 is 18.6. The number of hydrogen-bond donors (Lipinski definition) is 1. The Hall–Kier alpha value is -1.69. The number of hydrogen-bond acceptors (Lipinski definition) is 4. The Morgan fingerprint density at radius 1 is 1.36 bits per heavy atom. The molecule has 0 radical (unpaired) electrons. The number of carbonyl (C=O) groups excluding carboxylic acids is 1. The number of nitrogens with zero attached hydrogens (tertiary/aromatic N) is 2. The van der Waals surface area contributed by atoms with Gasteiger partial charge in [-0.25, -0.2) is 9.18 Å². The standard InChI is InChI=1S/C16H23FN2O3/c1-11-12(17)5-6-13(18-11)16(21)7-9-19(10-8-16)14(20)22-15(2,3)4/h5-6,21H,7-10H2,1-4H3. The van der Waals surface area contributed by atoms with Crippen molar-refractivity contribution in [3.63, 3.8) is 0 Å². The molecule has 0 saturated carbocycles. The zero-order valence-corrected chi connectivity index (χ0v) is 13.5. The predicted molar refractivity (Wildman–Crippen MR) is 79.9 cm³/mol. The van der Waals surface area contributed by atoms with E-state index in [9.17, 15) is 14.3 Å². The topological polar surface area (TPSA) is 62.7 Å². The number of piperidine rings is 1. The number of pyridine rings is 1. The minimum Gasteiger partial charge on any atom is -0.444 e. The first-order chi connectivity index (χ1) is 10.1. The first-order valence-corrected chi connectivity index (χ1v) is 7.45. The van der Waals surface area contributed by atoms with E-state index in [4.69, 9.17) is 4.74 Å². The van der Waals surface area contributed by atoms with Gasteiger partial charge in [0.05, 0.1) is 11.4 Å². The molecule has 1 aliphatic heterocycles. The highest BCUT2D eigenvalue weighted by Crippen LogP contribution is 2.32. The summed E-state index contributed by atoms with van der Waals surface area (Å²) in [5.74, 6) is -0.390. The molecule has 122 valence electrons. The fourth-order valence-corrected chi connectivity index (χ4v) is 2.45. The normalized spacial score (nSPS) is 18.2. The molecule has 0 aliphatic carbocycles. The number of aryl methyl sites for hydroxylation is 1. The molecule has 0 aromatic carbocycles. The summed E-state index contributed by atoms with van der Waals surface area (Å²) in [6.45, 7) is 7.77. The molecule has 0 bridgehead atoms. The lowest BCUT2D eigenvalue weighted by molar-refractivity contribution is -0.0382. The van der Waals surface area contributed by atoms with Crippen LogP contribution in [-0.2, 0) is 10.3 Å². The molecule has 0 unspecified atom stereocenters. The Morgan fingerprint density at radius 3 is 2.45 bits per heavy atom. The van der Waals surface area contributed by atoms with E-state index in [0.29, 0.717) is 31.6 Å². The SMILES string of the molecule is Cc1nc(C2(O)CCN(C(=O)OC(C)(C)C)CC2)ccc1F. The van der Waals surface area contributed by atoms with Crippen LogP contribution < -0.4 is 0 Å². The first kappa shape index (κ1) is 16.7. The van der Waals surface area contributed by atoms with Crippen molar-refractivity contribution in [1.82, 2.24) is 9.88 Å². The van der Waals surface area contributed by atoms with Crippen LogP contribution in [-0.4, -0.2) is 39.8 Å². The van der Waals surface area contributed by atoms with Gasteiger partial charge in [0.2, 0.25) is 0 Å². The highest BCUT2D eigenvalue weighted by Gasteiger charge is 2.37. The molecule has 1 aromatic rings. The summed E-state index contributed by atoms with van der Waals surface area (Å²) in [6, 6.07) is 2.82. The summed E-state index contributed by atoms with van der Waals surface area (Å²) in [6.07, 6.45) is 0.326. The molecule has 2 rings (SSSR count). The fraction of sp³-hybridized carbons (Fsp3) is 0.625. The fourth-order valence-electron chi connectivity index (χ4n) is 2.45. The molecule has 22 heavy (non-hydrogen) atoms. The quantitative estimate of drug-likeness (QED) is 0.866. The molecule has 2 heterocycles. The number of aromatic nitrogens is 1. The second-order valence-electron chi connectivity index (χ2n) is 6.76. The van der Waals surface area contributed by atoms with Gasteiger partial charge in [0, 0.05) is 13.1 Å². The van der Waals surface area contributed by atoms with Crippen LogP contribution in [0.5, 0.6) is 0 Å². The molecule has 1 aromatic heterocycles. The van der Waals surface area contributed by atoms with Gasteiger partial charge >= 0.3 is 6.09 Å². The molecule has 1 amide bonds. The zero-order valence-electron chi connectivity index (χ0n) is 13.5. The maximum atomic E-state index is 13.3. The van der Waals surface area contributed by atoms with Crippen LogP contribution >= 0.6 is 0 Å². The average Bonchev–Trinajstić information content (AvgIpc) is 2.40. The second-order valence-corrected chi connectivity index (χ2v) is 6.76. The van der Waals surface area contributed by atoms with Gasteiger partial charge in [0.15, 0.2) is 0 Å². The van der Waals surface area contributed by atoms with Crippen LogP contribution in [0, 0.1) is 12.7 Å². The number of rotatable bonds is 1. The van der Waals surface area contributed by atoms with E-state index in [1.54, 1.807) is 11.8 Å². The Bertz CT molecular complexity index is 561. The van der Waals surface area contributed by atoms with E-state index in [1.165, 1.54) is 12.1 Å². The largest absolute Gasteiger partial charge is 0.444 e. The maximum absolute atomic E-state index is 13.3. The van der Waals surface area contributed by atoms with Crippen molar-refractivity contribution < 1.29 is 19.0 Å². The van der Waals surface area contributed by atoms with Gasteiger partial charge in [-0.3, -0.25) is 4.98 Å². The lowest BCUT2D eigenvalue weighted by Crippen LogP contribution is -2.47. The lowest BCUT2D eigenvalue weighted by atomic mass is 9.88. The van der Waals surface area contributed by atoms with Crippen molar-refractivity contribution in [2.24, 2.45) is 0 Å².